The summed E-state index contributed by atoms with van der Waals surface area (Å²) >= 11 is 0. The molecule has 0 radical (unpaired) electrons. The van der Waals surface area contributed by atoms with Crippen LogP contribution in [0.1, 0.15) is 450 Å². The van der Waals surface area contributed by atoms with E-state index in [2.05, 4.69) is 67.8 Å². The van der Waals surface area contributed by atoms with Crippen molar-refractivity contribution in [2.45, 2.75) is 463 Å². The fraction of sp³-hybridized carbons (Fsp3) is 0.881. The second kappa shape index (κ2) is 79.3. The lowest BCUT2D eigenvalue weighted by Gasteiger charge is -2.22. The van der Waals surface area contributed by atoms with Gasteiger partial charge in [-0.15, -0.1) is 0 Å². The van der Waals surface area contributed by atoms with Crippen LogP contribution in [0.5, 0.6) is 0 Å². The maximum absolute atomic E-state index is 12.6. The average Bonchev–Trinajstić information content (AvgIpc) is 3.67. The number of hydrogen-bond acceptors (Lipinski definition) is 5. The molecule has 1 amide bonds. The first-order valence-electron chi connectivity index (χ1n) is 40.9. The predicted octanol–water partition coefficient (Wildman–Crippen LogP) is 27.2. The fourth-order valence-electron chi connectivity index (χ4n) is 12.9. The van der Waals surface area contributed by atoms with Crippen molar-refractivity contribution in [2.24, 2.45) is 0 Å². The molecule has 6 heteroatoms. The second-order valence-corrected chi connectivity index (χ2v) is 28.1. The highest BCUT2D eigenvalue weighted by Crippen LogP contribution is 2.20. The van der Waals surface area contributed by atoms with Crippen LogP contribution >= 0.6 is 0 Å². The number of unbranched alkanes of at least 4 members (excludes halogenated alkanes) is 58. The second-order valence-electron chi connectivity index (χ2n) is 28.1. The molecule has 2 atom stereocenters. The Hall–Kier alpha value is -2.18. The van der Waals surface area contributed by atoms with E-state index in [1.807, 2.05) is 0 Å². The molecular weight excluding hydrogens is 1100 g/mol. The fourth-order valence-corrected chi connectivity index (χ4v) is 12.9. The lowest BCUT2D eigenvalue weighted by Crippen LogP contribution is -2.45. The molecular formula is C84H159NO5. The zero-order chi connectivity index (χ0) is 64.9. The Morgan fingerprint density at radius 2 is 0.556 bits per heavy atom. The number of rotatable bonds is 77. The Kier molecular flexibility index (Phi) is 77.3. The van der Waals surface area contributed by atoms with E-state index >= 15 is 0 Å². The van der Waals surface area contributed by atoms with Gasteiger partial charge < -0.3 is 20.3 Å². The normalized spacial score (nSPS) is 12.7. The summed E-state index contributed by atoms with van der Waals surface area (Å²) in [6.07, 6.45) is 105. The lowest BCUT2D eigenvalue weighted by molar-refractivity contribution is -0.143. The van der Waals surface area contributed by atoms with Gasteiger partial charge in [0.15, 0.2) is 0 Å². The van der Waals surface area contributed by atoms with Crippen LogP contribution < -0.4 is 5.32 Å². The first-order chi connectivity index (χ1) is 44.5. The lowest BCUT2D eigenvalue weighted by atomic mass is 10.0. The summed E-state index contributed by atoms with van der Waals surface area (Å²) in [7, 11) is 0. The Bertz CT molecular complexity index is 1500. The Balaban J connectivity index is 3.37. The van der Waals surface area contributed by atoms with E-state index in [1.165, 1.54) is 360 Å². The van der Waals surface area contributed by atoms with Crippen molar-refractivity contribution < 1.29 is 24.5 Å². The van der Waals surface area contributed by atoms with E-state index in [-0.39, 0.29) is 18.5 Å². The summed E-state index contributed by atoms with van der Waals surface area (Å²) < 4.78 is 5.50. The predicted molar refractivity (Wildman–Crippen MR) is 398 cm³/mol. The highest BCUT2D eigenvalue weighted by atomic mass is 16.5. The number of carbonyl (C=O) groups is 2. The molecule has 2 unspecified atom stereocenters. The molecule has 0 spiro atoms. The van der Waals surface area contributed by atoms with Crippen molar-refractivity contribution in [3.05, 3.63) is 48.6 Å². The average molecular weight is 1260 g/mol. The maximum atomic E-state index is 12.6. The van der Waals surface area contributed by atoms with E-state index in [0.29, 0.717) is 25.9 Å². The maximum Gasteiger partial charge on any atom is 0.305 e. The number of allylic oxidation sites excluding steroid dienone is 8. The minimum Gasteiger partial charge on any atom is -0.466 e. The molecule has 0 saturated carbocycles. The van der Waals surface area contributed by atoms with Gasteiger partial charge in [0, 0.05) is 12.8 Å². The van der Waals surface area contributed by atoms with Crippen LogP contribution in [0, 0.1) is 0 Å². The number of carbonyl (C=O) groups excluding carboxylic acids is 2. The topological polar surface area (TPSA) is 95.9 Å². The summed E-state index contributed by atoms with van der Waals surface area (Å²) in [5.41, 5.74) is 0. The van der Waals surface area contributed by atoms with Gasteiger partial charge in [-0.25, -0.2) is 0 Å². The van der Waals surface area contributed by atoms with E-state index in [9.17, 15) is 19.8 Å². The van der Waals surface area contributed by atoms with Crippen LogP contribution in [0.25, 0.3) is 0 Å². The first-order valence-corrected chi connectivity index (χ1v) is 40.9. The Labute approximate surface area is 563 Å². The monoisotopic (exact) mass is 1260 g/mol. The number of nitrogens with one attached hydrogen (secondary N) is 1. The third-order valence-corrected chi connectivity index (χ3v) is 19.1. The van der Waals surface area contributed by atoms with Gasteiger partial charge in [-0.3, -0.25) is 9.59 Å². The molecule has 90 heavy (non-hydrogen) atoms. The standard InChI is InChI=1S/C84H159NO5/c1-3-5-7-9-11-13-15-17-19-21-22-38-41-45-48-52-56-60-64-68-72-76-82(87)81(80-86)85-83(88)77-73-69-65-61-57-53-49-46-42-39-36-34-32-30-28-26-24-23-25-27-29-31-33-35-37-40-43-47-51-55-59-63-67-71-75-79-90-84(89)78-74-70-66-62-58-54-50-44-20-18-16-14-12-10-8-6-4-2/h12,14,18,20,25,27,31,33,81-82,86-87H,3-11,13,15-17,19,21-24,26,28-30,32,34-80H2,1-2H3,(H,85,88)/b14-12-,20-18-,27-25-,33-31-. The molecule has 0 aromatic carbocycles. The number of amides is 1. The van der Waals surface area contributed by atoms with E-state index in [4.69, 9.17) is 4.74 Å². The Morgan fingerprint density at radius 1 is 0.311 bits per heavy atom. The highest BCUT2D eigenvalue weighted by molar-refractivity contribution is 5.76. The molecule has 3 N–H and O–H groups in total. The van der Waals surface area contributed by atoms with Crippen LogP contribution in [-0.4, -0.2) is 47.4 Å². The van der Waals surface area contributed by atoms with Crippen LogP contribution in [0.3, 0.4) is 0 Å². The number of hydrogen-bond donors (Lipinski definition) is 3. The summed E-state index contributed by atoms with van der Waals surface area (Å²) in [5.74, 6) is -0.0183. The van der Waals surface area contributed by atoms with Gasteiger partial charge in [-0.2, -0.15) is 0 Å². The van der Waals surface area contributed by atoms with Crippen molar-refractivity contribution in [2.75, 3.05) is 13.2 Å². The Morgan fingerprint density at radius 3 is 0.867 bits per heavy atom. The van der Waals surface area contributed by atoms with Crippen molar-refractivity contribution in [3.63, 3.8) is 0 Å². The minimum absolute atomic E-state index is 0.00954. The van der Waals surface area contributed by atoms with Gasteiger partial charge in [0.2, 0.25) is 5.91 Å². The van der Waals surface area contributed by atoms with E-state index in [1.54, 1.807) is 0 Å². The van der Waals surface area contributed by atoms with Crippen LogP contribution in [-0.2, 0) is 14.3 Å². The van der Waals surface area contributed by atoms with Crippen molar-refractivity contribution in [1.82, 2.24) is 5.32 Å². The molecule has 6 nitrogen and oxygen atoms in total. The van der Waals surface area contributed by atoms with E-state index < -0.39 is 12.1 Å². The molecule has 0 aliphatic carbocycles. The third kappa shape index (κ3) is 74.9. The first kappa shape index (κ1) is 87.8. The van der Waals surface area contributed by atoms with Crippen LogP contribution in [0.15, 0.2) is 48.6 Å². The molecule has 0 bridgehead atoms. The van der Waals surface area contributed by atoms with Crippen LogP contribution in [0.2, 0.25) is 0 Å². The molecule has 0 aromatic heterocycles. The molecule has 0 aromatic rings. The van der Waals surface area contributed by atoms with Crippen molar-refractivity contribution in [1.29, 1.82) is 0 Å². The zero-order valence-corrected chi connectivity index (χ0v) is 60.9. The van der Waals surface area contributed by atoms with Crippen molar-refractivity contribution >= 4 is 11.9 Å². The minimum atomic E-state index is -0.664. The summed E-state index contributed by atoms with van der Waals surface area (Å²) in [4.78, 5) is 24.7. The number of aliphatic hydroxyl groups is 2. The third-order valence-electron chi connectivity index (χ3n) is 19.1. The van der Waals surface area contributed by atoms with Gasteiger partial charge >= 0.3 is 5.97 Å². The molecule has 0 aliphatic heterocycles. The smallest absolute Gasteiger partial charge is 0.305 e. The summed E-state index contributed by atoms with van der Waals surface area (Å²) in [5, 5.41) is 23.5. The zero-order valence-electron chi connectivity index (χ0n) is 60.9. The molecule has 0 saturated heterocycles. The van der Waals surface area contributed by atoms with Gasteiger partial charge in [-0.05, 0) is 89.9 Å². The quantitative estimate of drug-likeness (QED) is 0.0320. The number of esters is 1. The molecule has 0 fully saturated rings. The molecule has 530 valence electrons. The van der Waals surface area contributed by atoms with Gasteiger partial charge in [0.25, 0.3) is 0 Å². The largest absolute Gasteiger partial charge is 0.466 e. The van der Waals surface area contributed by atoms with Gasteiger partial charge in [0.05, 0.1) is 25.4 Å². The SMILES string of the molecule is CCCCC/C=C\C/C=C\CCCCCCCCCC(=O)OCCCCCCCCCCCCC/C=C\C/C=C\CCCCCCCCCCCCCCCCCCCC(=O)NC(CO)C(O)CCCCCCCCCCCCCCCCCCCCCCC. The summed E-state index contributed by atoms with van der Waals surface area (Å²) in [6, 6.07) is -0.541. The summed E-state index contributed by atoms with van der Waals surface area (Å²) in [6.45, 7) is 4.97. The van der Waals surface area contributed by atoms with Gasteiger partial charge in [-0.1, -0.05) is 396 Å². The van der Waals surface area contributed by atoms with Crippen molar-refractivity contribution in [3.8, 4) is 0 Å². The number of aliphatic hydroxyl groups excluding tert-OH is 2. The number of ether oxygens (including phenoxy) is 1. The highest BCUT2D eigenvalue weighted by Gasteiger charge is 2.20. The van der Waals surface area contributed by atoms with E-state index in [0.717, 1.165) is 57.8 Å². The van der Waals surface area contributed by atoms with Crippen LogP contribution in [0.4, 0.5) is 0 Å². The molecule has 0 heterocycles. The molecule has 0 aliphatic rings. The molecule has 0 rings (SSSR count). The van der Waals surface area contributed by atoms with Gasteiger partial charge in [0.1, 0.15) is 0 Å².